The van der Waals surface area contributed by atoms with Crippen LogP contribution < -0.4 is 5.32 Å². The Bertz CT molecular complexity index is 880. The molecule has 0 aliphatic carbocycles. The molecule has 9 heteroatoms. The van der Waals surface area contributed by atoms with Gasteiger partial charge in [-0.15, -0.1) is 0 Å². The van der Waals surface area contributed by atoms with E-state index >= 15 is 0 Å². The minimum absolute atomic E-state index is 0.122. The number of carbonyl (C=O) groups is 2. The molecule has 178 valence electrons. The monoisotopic (exact) mass is 464 g/mol. The Kier molecular flexibility index (Phi) is 8.67. The van der Waals surface area contributed by atoms with Crippen molar-refractivity contribution in [2.75, 3.05) is 52.4 Å². The maximum absolute atomic E-state index is 13.4. The van der Waals surface area contributed by atoms with E-state index in [1.165, 1.54) is 4.31 Å². The van der Waals surface area contributed by atoms with Crippen molar-refractivity contribution in [1.29, 1.82) is 0 Å². The summed E-state index contributed by atoms with van der Waals surface area (Å²) in [6.07, 6.45) is 2.80. The molecule has 2 amide bonds. The molecule has 0 atom stereocenters. The highest BCUT2D eigenvalue weighted by Crippen LogP contribution is 2.19. The van der Waals surface area contributed by atoms with E-state index in [0.717, 1.165) is 24.9 Å². The highest BCUT2D eigenvalue weighted by molar-refractivity contribution is 7.89. The van der Waals surface area contributed by atoms with Crippen molar-refractivity contribution in [1.82, 2.24) is 19.4 Å². The third-order valence-electron chi connectivity index (χ3n) is 5.99. The first-order valence-electron chi connectivity index (χ1n) is 11.6. The van der Waals surface area contributed by atoms with Crippen LogP contribution in [0.1, 0.15) is 38.7 Å². The Morgan fingerprint density at radius 3 is 2.41 bits per heavy atom. The van der Waals surface area contributed by atoms with Crippen LogP contribution in [0.5, 0.6) is 0 Å². The molecule has 1 aromatic rings. The smallest absolute Gasteiger partial charge is 0.243 e. The van der Waals surface area contributed by atoms with Crippen molar-refractivity contribution >= 4 is 21.8 Å². The van der Waals surface area contributed by atoms with Crippen LogP contribution in [0.25, 0.3) is 0 Å². The number of carbonyl (C=O) groups excluding carboxylic acids is 2. The van der Waals surface area contributed by atoms with E-state index in [0.29, 0.717) is 51.5 Å². The van der Waals surface area contributed by atoms with E-state index < -0.39 is 10.0 Å². The van der Waals surface area contributed by atoms with E-state index in [9.17, 15) is 18.0 Å². The highest BCUT2D eigenvalue weighted by Gasteiger charge is 2.29. The van der Waals surface area contributed by atoms with Crippen molar-refractivity contribution in [2.45, 2.75) is 44.4 Å². The average Bonchev–Trinajstić information content (AvgIpc) is 3.18. The van der Waals surface area contributed by atoms with Gasteiger partial charge in [0.05, 0.1) is 11.4 Å². The number of likely N-dealkylation sites (tertiary alicyclic amines) is 1. The quantitative estimate of drug-likeness (QED) is 0.564. The van der Waals surface area contributed by atoms with Gasteiger partial charge in [-0.2, -0.15) is 4.31 Å². The summed E-state index contributed by atoms with van der Waals surface area (Å²) in [7, 11) is -3.82. The standard InChI is InChI=1S/C23H36N4O4S/c1-19(2)17-20-6-8-21(9-7-20)32(30,31)27(14-4-13-25-12-3-5-22(25)28)18-23(29)26-15-10-24-11-16-26/h6-9,19,24H,3-5,10-18H2,1-2H3. The van der Waals surface area contributed by atoms with Crippen LogP contribution in [-0.2, 0) is 26.0 Å². The molecule has 0 saturated carbocycles. The maximum atomic E-state index is 13.4. The van der Waals surface area contributed by atoms with Crippen molar-refractivity contribution in [2.24, 2.45) is 5.92 Å². The fraction of sp³-hybridized carbons (Fsp3) is 0.652. The number of benzene rings is 1. The van der Waals surface area contributed by atoms with Crippen LogP contribution in [-0.4, -0.2) is 86.7 Å². The lowest BCUT2D eigenvalue weighted by Crippen LogP contribution is -2.50. The third kappa shape index (κ3) is 6.52. The first-order valence-corrected chi connectivity index (χ1v) is 13.1. The first kappa shape index (κ1) is 24.7. The molecule has 3 rings (SSSR count). The lowest BCUT2D eigenvalue weighted by atomic mass is 10.0. The summed E-state index contributed by atoms with van der Waals surface area (Å²) in [4.78, 5) is 28.5. The van der Waals surface area contributed by atoms with Gasteiger partial charge >= 0.3 is 0 Å². The van der Waals surface area contributed by atoms with Crippen molar-refractivity contribution < 1.29 is 18.0 Å². The second-order valence-electron chi connectivity index (χ2n) is 9.05. The summed E-state index contributed by atoms with van der Waals surface area (Å²) < 4.78 is 28.2. The molecule has 0 aromatic heterocycles. The van der Waals surface area contributed by atoms with E-state index in [-0.39, 0.29) is 29.8 Å². The second kappa shape index (κ2) is 11.2. The molecule has 0 bridgehead atoms. The minimum Gasteiger partial charge on any atom is -0.343 e. The number of nitrogens with one attached hydrogen (secondary N) is 1. The molecule has 0 unspecified atom stereocenters. The number of sulfonamides is 1. The van der Waals surface area contributed by atoms with Gasteiger partial charge in [-0.3, -0.25) is 9.59 Å². The zero-order valence-electron chi connectivity index (χ0n) is 19.3. The van der Waals surface area contributed by atoms with Gasteiger partial charge in [0.1, 0.15) is 0 Å². The summed E-state index contributed by atoms with van der Waals surface area (Å²) in [5.41, 5.74) is 1.09. The van der Waals surface area contributed by atoms with Gasteiger partial charge in [-0.25, -0.2) is 8.42 Å². The van der Waals surface area contributed by atoms with Crippen LogP contribution >= 0.6 is 0 Å². The molecule has 2 saturated heterocycles. The second-order valence-corrected chi connectivity index (χ2v) is 11.0. The number of nitrogens with zero attached hydrogens (tertiary/aromatic N) is 3. The predicted octanol–water partition coefficient (Wildman–Crippen LogP) is 1.32. The van der Waals surface area contributed by atoms with E-state index in [2.05, 4.69) is 19.2 Å². The average molecular weight is 465 g/mol. The fourth-order valence-corrected chi connectivity index (χ4v) is 5.67. The molecule has 32 heavy (non-hydrogen) atoms. The molecular weight excluding hydrogens is 428 g/mol. The lowest BCUT2D eigenvalue weighted by molar-refractivity contribution is -0.132. The van der Waals surface area contributed by atoms with Crippen molar-refractivity contribution in [3.05, 3.63) is 29.8 Å². The number of hydrogen-bond donors (Lipinski definition) is 1. The molecule has 8 nitrogen and oxygen atoms in total. The molecule has 0 spiro atoms. The summed E-state index contributed by atoms with van der Waals surface area (Å²) >= 11 is 0. The molecule has 1 aromatic carbocycles. The van der Waals surface area contributed by atoms with Crippen LogP contribution in [0.2, 0.25) is 0 Å². The Hall–Kier alpha value is -1.97. The third-order valence-corrected chi connectivity index (χ3v) is 7.85. The Morgan fingerprint density at radius 1 is 1.12 bits per heavy atom. The van der Waals surface area contributed by atoms with Gasteiger partial charge in [0, 0.05) is 52.2 Å². The van der Waals surface area contributed by atoms with E-state index in [4.69, 9.17) is 0 Å². The van der Waals surface area contributed by atoms with Gasteiger partial charge < -0.3 is 15.1 Å². The topological polar surface area (TPSA) is 90.0 Å². The number of amides is 2. The Balaban J connectivity index is 1.72. The van der Waals surface area contributed by atoms with Gasteiger partial charge in [0.15, 0.2) is 0 Å². The van der Waals surface area contributed by atoms with E-state index in [1.54, 1.807) is 21.9 Å². The van der Waals surface area contributed by atoms with Gasteiger partial charge in [0.2, 0.25) is 21.8 Å². The Labute approximate surface area is 192 Å². The molecule has 2 aliphatic heterocycles. The Morgan fingerprint density at radius 2 is 1.81 bits per heavy atom. The van der Waals surface area contributed by atoms with Crippen LogP contribution in [0.3, 0.4) is 0 Å². The number of rotatable bonds is 10. The van der Waals surface area contributed by atoms with Crippen molar-refractivity contribution in [3.8, 4) is 0 Å². The molecule has 0 radical (unpaired) electrons. The SMILES string of the molecule is CC(C)Cc1ccc(S(=O)(=O)N(CCCN2CCCC2=O)CC(=O)N2CCNCC2)cc1. The highest BCUT2D eigenvalue weighted by atomic mass is 32.2. The molecule has 1 N–H and O–H groups in total. The molecule has 2 heterocycles. The summed E-state index contributed by atoms with van der Waals surface area (Å²) in [6, 6.07) is 6.98. The van der Waals surface area contributed by atoms with Gasteiger partial charge in [-0.1, -0.05) is 26.0 Å². The van der Waals surface area contributed by atoms with Crippen LogP contribution in [0.15, 0.2) is 29.2 Å². The number of piperazine rings is 1. The normalized spacial score (nSPS) is 17.6. The van der Waals surface area contributed by atoms with Gasteiger partial charge in [-0.05, 0) is 42.9 Å². The molecular formula is C23H36N4O4S. The predicted molar refractivity (Wildman–Crippen MR) is 124 cm³/mol. The number of hydrogen-bond acceptors (Lipinski definition) is 5. The van der Waals surface area contributed by atoms with E-state index in [1.807, 2.05) is 12.1 Å². The van der Waals surface area contributed by atoms with Gasteiger partial charge in [0.25, 0.3) is 0 Å². The van der Waals surface area contributed by atoms with Crippen LogP contribution in [0, 0.1) is 5.92 Å². The fourth-order valence-electron chi connectivity index (χ4n) is 4.25. The zero-order chi connectivity index (χ0) is 23.1. The molecule has 2 fully saturated rings. The van der Waals surface area contributed by atoms with Crippen molar-refractivity contribution in [3.63, 3.8) is 0 Å². The molecule has 2 aliphatic rings. The summed E-state index contributed by atoms with van der Waals surface area (Å²) in [5, 5.41) is 3.20. The summed E-state index contributed by atoms with van der Waals surface area (Å²) in [5.74, 6) is 0.430. The minimum atomic E-state index is -3.82. The maximum Gasteiger partial charge on any atom is 0.243 e. The zero-order valence-corrected chi connectivity index (χ0v) is 20.1. The van der Waals surface area contributed by atoms with Crippen LogP contribution in [0.4, 0.5) is 0 Å². The summed E-state index contributed by atoms with van der Waals surface area (Å²) in [6.45, 7) is 8.11. The first-order chi connectivity index (χ1) is 15.3. The largest absolute Gasteiger partial charge is 0.343 e. The lowest BCUT2D eigenvalue weighted by Gasteiger charge is -2.30.